The summed E-state index contributed by atoms with van der Waals surface area (Å²) >= 11 is 3.42. The number of piperazine rings is 1. The van der Waals surface area contributed by atoms with E-state index in [0.29, 0.717) is 0 Å². The molecule has 2 aromatic carbocycles. The first-order valence-electron chi connectivity index (χ1n) is 9.25. The van der Waals surface area contributed by atoms with Gasteiger partial charge in [0.25, 0.3) is 0 Å². The molecular formula is C22H25BrN2O3. The Kier molecular flexibility index (Phi) is 7.12. The number of benzene rings is 2. The summed E-state index contributed by atoms with van der Waals surface area (Å²) in [6.45, 7) is 3.87. The Morgan fingerprint density at radius 3 is 2.39 bits per heavy atom. The Morgan fingerprint density at radius 1 is 1.04 bits per heavy atom. The summed E-state index contributed by atoms with van der Waals surface area (Å²) in [5, 5.41) is 0. The second-order valence-electron chi connectivity index (χ2n) is 6.66. The summed E-state index contributed by atoms with van der Waals surface area (Å²) in [7, 11) is 3.34. The molecule has 0 atom stereocenters. The molecule has 0 aromatic heterocycles. The average Bonchev–Trinajstić information content (AvgIpc) is 2.73. The van der Waals surface area contributed by atoms with Crippen LogP contribution in [-0.2, 0) is 11.3 Å². The molecule has 148 valence electrons. The van der Waals surface area contributed by atoms with Crippen molar-refractivity contribution < 1.29 is 14.3 Å². The molecule has 2 aromatic rings. The van der Waals surface area contributed by atoms with Gasteiger partial charge in [0, 0.05) is 48.8 Å². The van der Waals surface area contributed by atoms with E-state index in [0.717, 1.165) is 59.8 Å². The van der Waals surface area contributed by atoms with Crippen molar-refractivity contribution in [2.45, 2.75) is 6.54 Å². The molecule has 28 heavy (non-hydrogen) atoms. The fourth-order valence-electron chi connectivity index (χ4n) is 3.22. The van der Waals surface area contributed by atoms with Crippen LogP contribution < -0.4 is 9.47 Å². The average molecular weight is 445 g/mol. The van der Waals surface area contributed by atoms with Crippen LogP contribution in [0.2, 0.25) is 0 Å². The second kappa shape index (κ2) is 9.75. The highest BCUT2D eigenvalue weighted by Gasteiger charge is 2.20. The van der Waals surface area contributed by atoms with Gasteiger partial charge in [0.15, 0.2) is 0 Å². The molecule has 0 aliphatic carbocycles. The van der Waals surface area contributed by atoms with Gasteiger partial charge in [0.2, 0.25) is 5.91 Å². The molecule has 3 rings (SSSR count). The van der Waals surface area contributed by atoms with Gasteiger partial charge in [-0.05, 0) is 42.0 Å². The molecule has 5 nitrogen and oxygen atoms in total. The number of halogens is 1. The predicted octanol–water partition coefficient (Wildman–Crippen LogP) is 3.82. The van der Waals surface area contributed by atoms with Gasteiger partial charge in [-0.15, -0.1) is 0 Å². The van der Waals surface area contributed by atoms with Crippen LogP contribution in [0.1, 0.15) is 11.1 Å². The van der Waals surface area contributed by atoms with E-state index in [9.17, 15) is 4.79 Å². The SMILES string of the molecule is COc1ccc(OC)c(CN2CCN(C(=O)C=Cc3ccc(Br)cc3)CC2)c1. The summed E-state index contributed by atoms with van der Waals surface area (Å²) in [6, 6.07) is 13.7. The number of carbonyl (C=O) groups excluding carboxylic acids is 1. The van der Waals surface area contributed by atoms with E-state index in [2.05, 4.69) is 20.8 Å². The normalized spacial score (nSPS) is 15.0. The van der Waals surface area contributed by atoms with E-state index in [1.54, 1.807) is 20.3 Å². The smallest absolute Gasteiger partial charge is 0.246 e. The lowest BCUT2D eigenvalue weighted by Crippen LogP contribution is -2.47. The molecule has 1 aliphatic heterocycles. The van der Waals surface area contributed by atoms with Crippen LogP contribution in [0, 0.1) is 0 Å². The molecule has 1 saturated heterocycles. The van der Waals surface area contributed by atoms with Crippen LogP contribution in [-0.4, -0.2) is 56.1 Å². The minimum atomic E-state index is 0.0570. The Labute approximate surface area is 174 Å². The summed E-state index contributed by atoms with van der Waals surface area (Å²) < 4.78 is 11.8. The molecule has 1 aliphatic rings. The third kappa shape index (κ3) is 5.36. The molecule has 1 amide bonds. The van der Waals surface area contributed by atoms with Crippen molar-refractivity contribution in [3.8, 4) is 11.5 Å². The first kappa shape index (κ1) is 20.4. The third-order valence-electron chi connectivity index (χ3n) is 4.85. The largest absolute Gasteiger partial charge is 0.497 e. The lowest BCUT2D eigenvalue weighted by molar-refractivity contribution is -0.127. The molecule has 1 heterocycles. The fraction of sp³-hybridized carbons (Fsp3) is 0.318. The molecule has 0 unspecified atom stereocenters. The Hall–Kier alpha value is -2.31. The maximum atomic E-state index is 12.5. The van der Waals surface area contributed by atoms with Crippen molar-refractivity contribution in [2.24, 2.45) is 0 Å². The predicted molar refractivity (Wildman–Crippen MR) is 115 cm³/mol. The summed E-state index contributed by atoms with van der Waals surface area (Å²) in [5.74, 6) is 1.74. The van der Waals surface area contributed by atoms with Crippen LogP contribution in [0.25, 0.3) is 6.08 Å². The van der Waals surface area contributed by atoms with Crippen molar-refractivity contribution in [1.29, 1.82) is 0 Å². The number of hydrogen-bond acceptors (Lipinski definition) is 4. The van der Waals surface area contributed by atoms with Crippen LogP contribution in [0.5, 0.6) is 11.5 Å². The highest BCUT2D eigenvalue weighted by Crippen LogP contribution is 2.25. The number of amides is 1. The van der Waals surface area contributed by atoms with Gasteiger partial charge < -0.3 is 14.4 Å². The van der Waals surface area contributed by atoms with Crippen LogP contribution in [0.15, 0.2) is 53.0 Å². The highest BCUT2D eigenvalue weighted by atomic mass is 79.9. The quantitative estimate of drug-likeness (QED) is 0.635. The van der Waals surface area contributed by atoms with E-state index in [-0.39, 0.29) is 5.91 Å². The molecular weight excluding hydrogens is 420 g/mol. The number of methoxy groups -OCH3 is 2. The minimum absolute atomic E-state index is 0.0570. The van der Waals surface area contributed by atoms with Crippen LogP contribution >= 0.6 is 15.9 Å². The first-order chi connectivity index (χ1) is 13.6. The van der Waals surface area contributed by atoms with Crippen molar-refractivity contribution >= 4 is 27.9 Å². The number of carbonyl (C=O) groups is 1. The van der Waals surface area contributed by atoms with Crippen molar-refractivity contribution in [2.75, 3.05) is 40.4 Å². The standard InChI is InChI=1S/C22H25BrN2O3/c1-27-20-8-9-21(28-2)18(15-20)16-24-11-13-25(14-12-24)22(26)10-5-17-3-6-19(23)7-4-17/h3-10,15H,11-14,16H2,1-2H3. The number of ether oxygens (including phenoxy) is 2. The van der Waals surface area contributed by atoms with Crippen LogP contribution in [0.3, 0.4) is 0 Å². The molecule has 0 radical (unpaired) electrons. The van der Waals surface area contributed by atoms with Gasteiger partial charge in [0.1, 0.15) is 11.5 Å². The Balaban J connectivity index is 1.54. The molecule has 6 heteroatoms. The molecule has 0 saturated carbocycles. The van der Waals surface area contributed by atoms with Crippen LogP contribution in [0.4, 0.5) is 0 Å². The Morgan fingerprint density at radius 2 is 1.75 bits per heavy atom. The lowest BCUT2D eigenvalue weighted by atomic mass is 10.1. The molecule has 1 fully saturated rings. The van der Waals surface area contributed by atoms with Gasteiger partial charge in [-0.1, -0.05) is 28.1 Å². The van der Waals surface area contributed by atoms with E-state index in [1.165, 1.54) is 0 Å². The fourth-order valence-corrected chi connectivity index (χ4v) is 3.48. The van der Waals surface area contributed by atoms with Gasteiger partial charge in [-0.3, -0.25) is 9.69 Å². The Bertz CT molecular complexity index is 828. The highest BCUT2D eigenvalue weighted by molar-refractivity contribution is 9.10. The topological polar surface area (TPSA) is 42.0 Å². The maximum Gasteiger partial charge on any atom is 0.246 e. The van der Waals surface area contributed by atoms with E-state index in [1.807, 2.05) is 53.4 Å². The number of hydrogen-bond donors (Lipinski definition) is 0. The molecule has 0 bridgehead atoms. The van der Waals surface area contributed by atoms with Crippen molar-refractivity contribution in [1.82, 2.24) is 9.80 Å². The van der Waals surface area contributed by atoms with Crippen molar-refractivity contribution in [3.05, 3.63) is 64.1 Å². The second-order valence-corrected chi connectivity index (χ2v) is 7.58. The summed E-state index contributed by atoms with van der Waals surface area (Å²) in [4.78, 5) is 16.7. The van der Waals surface area contributed by atoms with Gasteiger partial charge in [-0.25, -0.2) is 0 Å². The van der Waals surface area contributed by atoms with E-state index in [4.69, 9.17) is 9.47 Å². The third-order valence-corrected chi connectivity index (χ3v) is 5.38. The van der Waals surface area contributed by atoms with Gasteiger partial charge in [0.05, 0.1) is 14.2 Å². The molecule has 0 spiro atoms. The van der Waals surface area contributed by atoms with Crippen molar-refractivity contribution in [3.63, 3.8) is 0 Å². The zero-order valence-electron chi connectivity index (χ0n) is 16.2. The zero-order valence-corrected chi connectivity index (χ0v) is 17.8. The first-order valence-corrected chi connectivity index (χ1v) is 10.0. The number of nitrogens with zero attached hydrogens (tertiary/aromatic N) is 2. The lowest BCUT2D eigenvalue weighted by Gasteiger charge is -2.34. The monoisotopic (exact) mass is 444 g/mol. The van der Waals surface area contributed by atoms with Gasteiger partial charge >= 0.3 is 0 Å². The molecule has 0 N–H and O–H groups in total. The van der Waals surface area contributed by atoms with E-state index >= 15 is 0 Å². The number of rotatable bonds is 6. The summed E-state index contributed by atoms with van der Waals surface area (Å²) in [6.07, 6.45) is 3.52. The minimum Gasteiger partial charge on any atom is -0.497 e. The summed E-state index contributed by atoms with van der Waals surface area (Å²) in [5.41, 5.74) is 2.11. The van der Waals surface area contributed by atoms with E-state index < -0.39 is 0 Å². The maximum absolute atomic E-state index is 12.5. The van der Waals surface area contributed by atoms with Gasteiger partial charge in [-0.2, -0.15) is 0 Å². The zero-order chi connectivity index (χ0) is 19.9.